The summed E-state index contributed by atoms with van der Waals surface area (Å²) in [4.78, 5) is 4.37. The van der Waals surface area contributed by atoms with E-state index in [2.05, 4.69) is 22.3 Å². The molecule has 6 heteroatoms. The molecule has 0 saturated carbocycles. The van der Waals surface area contributed by atoms with Crippen LogP contribution in [0.4, 0.5) is 5.95 Å². The number of nitrogens with zero attached hydrogens (tertiary/aromatic N) is 3. The quantitative estimate of drug-likeness (QED) is 0.819. The lowest BCUT2D eigenvalue weighted by molar-refractivity contribution is 0.255. The zero-order chi connectivity index (χ0) is 13.7. The van der Waals surface area contributed by atoms with Gasteiger partial charge in [0, 0.05) is 19.3 Å². The summed E-state index contributed by atoms with van der Waals surface area (Å²) in [5.41, 5.74) is 0.765. The second-order valence-electron chi connectivity index (χ2n) is 4.63. The highest BCUT2D eigenvalue weighted by molar-refractivity contribution is 6.30. The third kappa shape index (κ3) is 3.81. The number of fused-ring (bicyclic) bond motifs is 1. The molecule has 2 aromatic rings. The zero-order valence-electron chi connectivity index (χ0n) is 11.0. The lowest BCUT2D eigenvalue weighted by atomic mass is 10.0. The Balaban J connectivity index is 2.00. The molecule has 1 atom stereocenters. The molecule has 0 spiro atoms. The molecule has 0 aliphatic heterocycles. The number of aliphatic hydroxyl groups is 1. The number of hydrogen-bond acceptors (Lipinski definition) is 4. The van der Waals surface area contributed by atoms with E-state index >= 15 is 0 Å². The van der Waals surface area contributed by atoms with Crippen LogP contribution in [0.1, 0.15) is 26.2 Å². The lowest BCUT2D eigenvalue weighted by Crippen LogP contribution is -2.16. The van der Waals surface area contributed by atoms with Crippen LogP contribution in [0.5, 0.6) is 0 Å². The van der Waals surface area contributed by atoms with Crippen LogP contribution in [0.25, 0.3) is 5.65 Å². The highest BCUT2D eigenvalue weighted by atomic mass is 35.5. The van der Waals surface area contributed by atoms with Crippen molar-refractivity contribution in [2.24, 2.45) is 5.92 Å². The molecule has 1 unspecified atom stereocenters. The molecule has 0 aliphatic rings. The van der Waals surface area contributed by atoms with Gasteiger partial charge in [-0.2, -0.15) is 4.98 Å². The maximum Gasteiger partial charge on any atom is 0.243 e. The van der Waals surface area contributed by atoms with E-state index in [9.17, 15) is 0 Å². The molecule has 104 valence electrons. The maximum atomic E-state index is 9.03. The minimum Gasteiger partial charge on any atom is -0.396 e. The fraction of sp³-hybridized carbons (Fsp3) is 0.538. The topological polar surface area (TPSA) is 62.5 Å². The molecular formula is C13H19ClN4O. The van der Waals surface area contributed by atoms with Crippen molar-refractivity contribution in [2.45, 2.75) is 26.2 Å². The minimum atomic E-state index is 0.223. The number of rotatable bonds is 7. The predicted molar refractivity (Wildman–Crippen MR) is 76.6 cm³/mol. The minimum absolute atomic E-state index is 0.223. The summed E-state index contributed by atoms with van der Waals surface area (Å²) in [7, 11) is 0. The molecule has 2 N–H and O–H groups in total. The van der Waals surface area contributed by atoms with Crippen molar-refractivity contribution in [1.29, 1.82) is 0 Å². The Hall–Kier alpha value is -1.33. The molecule has 0 fully saturated rings. The Morgan fingerprint density at radius 3 is 3.00 bits per heavy atom. The number of nitrogens with one attached hydrogen (secondary N) is 1. The van der Waals surface area contributed by atoms with Crippen molar-refractivity contribution in [2.75, 3.05) is 18.5 Å². The zero-order valence-corrected chi connectivity index (χ0v) is 11.8. The van der Waals surface area contributed by atoms with Gasteiger partial charge in [0.25, 0.3) is 0 Å². The standard InChI is InChI=1S/C13H19ClN4O/c1-2-3-10(6-7-19)8-15-13-16-12-5-4-11(14)9-18(12)17-13/h4-5,9-10,19H,2-3,6-8H2,1H3,(H,15,17). The van der Waals surface area contributed by atoms with Gasteiger partial charge in [0.1, 0.15) is 0 Å². The number of pyridine rings is 1. The molecule has 2 aromatic heterocycles. The molecule has 19 heavy (non-hydrogen) atoms. The number of aromatic nitrogens is 3. The summed E-state index contributed by atoms with van der Waals surface area (Å²) in [6.07, 6.45) is 4.74. The summed E-state index contributed by atoms with van der Waals surface area (Å²) >= 11 is 5.90. The van der Waals surface area contributed by atoms with E-state index in [0.717, 1.165) is 31.5 Å². The highest BCUT2D eigenvalue weighted by Gasteiger charge is 2.09. The third-order valence-electron chi connectivity index (χ3n) is 3.08. The molecule has 0 saturated heterocycles. The Bertz CT molecular complexity index is 522. The largest absolute Gasteiger partial charge is 0.396 e. The summed E-state index contributed by atoms with van der Waals surface area (Å²) in [6.45, 7) is 3.15. The van der Waals surface area contributed by atoms with E-state index < -0.39 is 0 Å². The molecule has 0 aromatic carbocycles. The van der Waals surface area contributed by atoms with E-state index in [1.807, 2.05) is 6.07 Å². The van der Waals surface area contributed by atoms with Crippen LogP contribution in [0, 0.1) is 5.92 Å². The van der Waals surface area contributed by atoms with E-state index in [-0.39, 0.29) is 6.61 Å². The van der Waals surface area contributed by atoms with Crippen LogP contribution < -0.4 is 5.32 Å². The second-order valence-corrected chi connectivity index (χ2v) is 5.07. The van der Waals surface area contributed by atoms with E-state index in [1.165, 1.54) is 0 Å². The van der Waals surface area contributed by atoms with Crippen LogP contribution in [0.2, 0.25) is 5.02 Å². The van der Waals surface area contributed by atoms with Crippen molar-refractivity contribution >= 4 is 23.2 Å². The molecular weight excluding hydrogens is 264 g/mol. The van der Waals surface area contributed by atoms with Crippen LogP contribution >= 0.6 is 11.6 Å². The summed E-state index contributed by atoms with van der Waals surface area (Å²) < 4.78 is 1.66. The van der Waals surface area contributed by atoms with Gasteiger partial charge < -0.3 is 10.4 Å². The first-order valence-corrected chi connectivity index (χ1v) is 6.97. The monoisotopic (exact) mass is 282 g/mol. The van der Waals surface area contributed by atoms with Gasteiger partial charge in [-0.25, -0.2) is 4.52 Å². The highest BCUT2D eigenvalue weighted by Crippen LogP contribution is 2.14. The molecule has 5 nitrogen and oxygen atoms in total. The van der Waals surface area contributed by atoms with Gasteiger partial charge >= 0.3 is 0 Å². The first-order chi connectivity index (χ1) is 9.22. The molecule has 0 bridgehead atoms. The van der Waals surface area contributed by atoms with Crippen LogP contribution in [-0.4, -0.2) is 32.9 Å². The lowest BCUT2D eigenvalue weighted by Gasteiger charge is -2.14. The first-order valence-electron chi connectivity index (χ1n) is 6.59. The first kappa shape index (κ1) is 14.1. The van der Waals surface area contributed by atoms with Crippen LogP contribution in [0.3, 0.4) is 0 Å². The van der Waals surface area contributed by atoms with Gasteiger partial charge in [-0.1, -0.05) is 24.9 Å². The van der Waals surface area contributed by atoms with Crippen molar-refractivity contribution in [3.8, 4) is 0 Å². The van der Waals surface area contributed by atoms with Crippen LogP contribution in [-0.2, 0) is 0 Å². The smallest absolute Gasteiger partial charge is 0.243 e. The Kier molecular flexibility index (Phi) is 4.99. The van der Waals surface area contributed by atoms with Gasteiger partial charge in [0.2, 0.25) is 5.95 Å². The van der Waals surface area contributed by atoms with E-state index in [1.54, 1.807) is 16.8 Å². The van der Waals surface area contributed by atoms with Crippen molar-refractivity contribution in [3.05, 3.63) is 23.4 Å². The summed E-state index contributed by atoms with van der Waals surface area (Å²) in [5, 5.41) is 17.2. The van der Waals surface area contributed by atoms with Gasteiger partial charge in [0.15, 0.2) is 5.65 Å². The molecule has 2 rings (SSSR count). The van der Waals surface area contributed by atoms with E-state index in [4.69, 9.17) is 16.7 Å². The molecule has 0 amide bonds. The van der Waals surface area contributed by atoms with Crippen molar-refractivity contribution in [1.82, 2.24) is 14.6 Å². The predicted octanol–water partition coefficient (Wildman–Crippen LogP) is 2.59. The SMILES string of the molecule is CCCC(CCO)CNc1nc2ccc(Cl)cn2n1. The van der Waals surface area contributed by atoms with Gasteiger partial charge in [-0.3, -0.25) is 0 Å². The fourth-order valence-corrected chi connectivity index (χ4v) is 2.26. The number of hydrogen-bond donors (Lipinski definition) is 2. The maximum absolute atomic E-state index is 9.03. The number of aliphatic hydroxyl groups excluding tert-OH is 1. The Labute approximate surface area is 117 Å². The Morgan fingerprint density at radius 2 is 2.26 bits per heavy atom. The molecule has 2 heterocycles. The van der Waals surface area contributed by atoms with Crippen molar-refractivity contribution in [3.63, 3.8) is 0 Å². The summed E-state index contributed by atoms with van der Waals surface area (Å²) in [5.74, 6) is 1.05. The Morgan fingerprint density at radius 1 is 1.42 bits per heavy atom. The average Bonchev–Trinajstić information content (AvgIpc) is 2.78. The summed E-state index contributed by atoms with van der Waals surface area (Å²) in [6, 6.07) is 3.62. The van der Waals surface area contributed by atoms with Gasteiger partial charge in [-0.15, -0.1) is 5.10 Å². The van der Waals surface area contributed by atoms with E-state index in [0.29, 0.717) is 16.9 Å². The third-order valence-corrected chi connectivity index (χ3v) is 3.30. The van der Waals surface area contributed by atoms with Crippen LogP contribution in [0.15, 0.2) is 18.3 Å². The number of halogens is 1. The normalized spacial score (nSPS) is 12.8. The van der Waals surface area contributed by atoms with Gasteiger partial charge in [-0.05, 0) is 30.9 Å². The molecule has 0 radical (unpaired) electrons. The molecule has 0 aliphatic carbocycles. The number of anilines is 1. The van der Waals surface area contributed by atoms with Gasteiger partial charge in [0.05, 0.1) is 5.02 Å². The fourth-order valence-electron chi connectivity index (χ4n) is 2.11. The second kappa shape index (κ2) is 6.73. The average molecular weight is 283 g/mol. The van der Waals surface area contributed by atoms with Crippen molar-refractivity contribution < 1.29 is 5.11 Å².